The van der Waals surface area contributed by atoms with Crippen molar-refractivity contribution in [2.24, 2.45) is 0 Å². The number of benzene rings is 1. The number of carbonyl (C=O) groups excluding carboxylic acids is 2. The number of H-pyrrole nitrogens is 1. The number of ketones is 1. The minimum absolute atomic E-state index is 0.0923. The van der Waals surface area contributed by atoms with Gasteiger partial charge in [-0.05, 0) is 37.6 Å². The quantitative estimate of drug-likeness (QED) is 0.582. The Balaban J connectivity index is 2.20. The van der Waals surface area contributed by atoms with Crippen LogP contribution in [0.15, 0.2) is 30.5 Å². The van der Waals surface area contributed by atoms with Crippen molar-refractivity contribution in [3.63, 3.8) is 0 Å². The molecule has 0 spiro atoms. The third-order valence-corrected chi connectivity index (χ3v) is 2.79. The number of hydrogen-bond acceptors (Lipinski definition) is 3. The fraction of sp³-hybridized carbons (Fsp3) is 0.143. The number of aromatic amines is 1. The third-order valence-electron chi connectivity index (χ3n) is 2.79. The van der Waals surface area contributed by atoms with E-state index >= 15 is 0 Å². The second-order valence-corrected chi connectivity index (χ2v) is 4.40. The van der Waals surface area contributed by atoms with Gasteiger partial charge in [0.15, 0.2) is 5.78 Å². The lowest BCUT2D eigenvalue weighted by Gasteiger charge is -2.08. The van der Waals surface area contributed by atoms with Crippen molar-refractivity contribution < 1.29 is 9.59 Å². The van der Waals surface area contributed by atoms with E-state index in [1.165, 1.54) is 19.2 Å². The van der Waals surface area contributed by atoms with E-state index in [0.29, 0.717) is 22.6 Å². The van der Waals surface area contributed by atoms with Crippen LogP contribution in [0, 0.1) is 6.92 Å². The van der Waals surface area contributed by atoms with E-state index < -0.39 is 0 Å². The van der Waals surface area contributed by atoms with Crippen molar-refractivity contribution in [1.29, 1.82) is 0 Å². The molecular weight excluding hydrogens is 242 g/mol. The summed E-state index contributed by atoms with van der Waals surface area (Å²) in [7, 11) is 0. The standard InChI is InChI=1S/C14H15N3O2/c1-8-3-4-11(15)12(5-8)17-14(19)13-6-10(7-16-13)9(2)18/h3-7,16H,15H2,1-2H3,(H,17,19). The van der Waals surface area contributed by atoms with Gasteiger partial charge < -0.3 is 16.0 Å². The molecule has 0 unspecified atom stereocenters. The second-order valence-electron chi connectivity index (χ2n) is 4.40. The van der Waals surface area contributed by atoms with Gasteiger partial charge in [-0.25, -0.2) is 0 Å². The molecule has 0 radical (unpaired) electrons. The molecule has 0 aliphatic rings. The summed E-state index contributed by atoms with van der Waals surface area (Å²) in [6.07, 6.45) is 1.51. The monoisotopic (exact) mass is 257 g/mol. The Morgan fingerprint density at radius 2 is 2.00 bits per heavy atom. The first-order valence-corrected chi connectivity index (χ1v) is 5.84. The smallest absolute Gasteiger partial charge is 0.272 e. The average molecular weight is 257 g/mol. The highest BCUT2D eigenvalue weighted by molar-refractivity contribution is 6.06. The zero-order valence-corrected chi connectivity index (χ0v) is 10.8. The Morgan fingerprint density at radius 3 is 2.63 bits per heavy atom. The maximum absolute atomic E-state index is 12.0. The summed E-state index contributed by atoms with van der Waals surface area (Å²) in [4.78, 5) is 25.9. The van der Waals surface area contributed by atoms with E-state index in [0.717, 1.165) is 5.56 Å². The van der Waals surface area contributed by atoms with E-state index in [1.54, 1.807) is 12.1 Å². The number of nitrogens with two attached hydrogens (primary N) is 1. The van der Waals surface area contributed by atoms with Gasteiger partial charge in [0.1, 0.15) is 5.69 Å². The number of aryl methyl sites for hydroxylation is 1. The second kappa shape index (κ2) is 4.97. The Bertz CT molecular complexity index is 644. The van der Waals surface area contributed by atoms with E-state index in [2.05, 4.69) is 10.3 Å². The lowest BCUT2D eigenvalue weighted by atomic mass is 10.2. The van der Waals surface area contributed by atoms with Crippen LogP contribution in [0.25, 0.3) is 0 Å². The molecule has 2 rings (SSSR count). The SMILES string of the molecule is CC(=O)c1c[nH]c(C(=O)Nc2cc(C)ccc2N)c1. The van der Waals surface area contributed by atoms with E-state index in [4.69, 9.17) is 5.73 Å². The van der Waals surface area contributed by atoms with Crippen LogP contribution in [-0.2, 0) is 0 Å². The third kappa shape index (κ3) is 2.82. The summed E-state index contributed by atoms with van der Waals surface area (Å²) in [6, 6.07) is 6.92. The van der Waals surface area contributed by atoms with Crippen LogP contribution in [0.5, 0.6) is 0 Å². The molecule has 1 aromatic heterocycles. The molecule has 19 heavy (non-hydrogen) atoms. The van der Waals surface area contributed by atoms with Crippen LogP contribution >= 0.6 is 0 Å². The highest BCUT2D eigenvalue weighted by atomic mass is 16.2. The number of anilines is 2. The molecular formula is C14H15N3O2. The lowest BCUT2D eigenvalue weighted by Crippen LogP contribution is -2.13. The molecule has 0 bridgehead atoms. The number of hydrogen-bond donors (Lipinski definition) is 3. The lowest BCUT2D eigenvalue weighted by molar-refractivity contribution is 0.101. The molecule has 98 valence electrons. The first kappa shape index (κ1) is 12.9. The predicted molar refractivity (Wildman–Crippen MR) is 74.3 cm³/mol. The van der Waals surface area contributed by atoms with Gasteiger partial charge in [-0.1, -0.05) is 6.07 Å². The number of rotatable bonds is 3. The summed E-state index contributed by atoms with van der Waals surface area (Å²) < 4.78 is 0. The summed E-state index contributed by atoms with van der Waals surface area (Å²) in [5, 5.41) is 2.71. The number of amides is 1. The first-order chi connectivity index (χ1) is 8.97. The zero-order valence-electron chi connectivity index (χ0n) is 10.8. The molecule has 0 aliphatic carbocycles. The number of nitrogens with one attached hydrogen (secondary N) is 2. The van der Waals surface area contributed by atoms with E-state index in [-0.39, 0.29) is 11.7 Å². The van der Waals surface area contributed by atoms with Crippen LogP contribution in [-0.4, -0.2) is 16.7 Å². The molecule has 1 heterocycles. The molecule has 0 fully saturated rings. The van der Waals surface area contributed by atoms with E-state index in [9.17, 15) is 9.59 Å². The molecule has 0 saturated carbocycles. The average Bonchev–Trinajstić information content (AvgIpc) is 2.83. The van der Waals surface area contributed by atoms with Crippen molar-refractivity contribution in [3.05, 3.63) is 47.3 Å². The summed E-state index contributed by atoms with van der Waals surface area (Å²) in [6.45, 7) is 3.36. The van der Waals surface area contributed by atoms with Crippen LogP contribution < -0.4 is 11.1 Å². The van der Waals surface area contributed by atoms with Gasteiger partial charge >= 0.3 is 0 Å². The molecule has 1 aromatic carbocycles. The highest BCUT2D eigenvalue weighted by Gasteiger charge is 2.12. The minimum atomic E-state index is -0.329. The Kier molecular flexibility index (Phi) is 3.37. The van der Waals surface area contributed by atoms with Gasteiger partial charge in [0.2, 0.25) is 0 Å². The van der Waals surface area contributed by atoms with Gasteiger partial charge in [-0.2, -0.15) is 0 Å². The molecule has 2 aromatic rings. The normalized spacial score (nSPS) is 10.2. The van der Waals surface area contributed by atoms with Crippen LogP contribution in [0.4, 0.5) is 11.4 Å². The number of aromatic nitrogens is 1. The molecule has 5 nitrogen and oxygen atoms in total. The van der Waals surface area contributed by atoms with Crippen molar-refractivity contribution >= 4 is 23.1 Å². The van der Waals surface area contributed by atoms with Crippen molar-refractivity contribution in [2.45, 2.75) is 13.8 Å². The van der Waals surface area contributed by atoms with Gasteiger partial charge in [0, 0.05) is 11.8 Å². The maximum Gasteiger partial charge on any atom is 0.272 e. The molecule has 1 amide bonds. The predicted octanol–water partition coefficient (Wildman–Crippen LogP) is 2.36. The summed E-state index contributed by atoms with van der Waals surface area (Å²) in [5.41, 5.74) is 8.65. The fourth-order valence-corrected chi connectivity index (χ4v) is 1.70. The Hall–Kier alpha value is -2.56. The van der Waals surface area contributed by atoms with Crippen LogP contribution in [0.3, 0.4) is 0 Å². The zero-order chi connectivity index (χ0) is 14.0. The minimum Gasteiger partial charge on any atom is -0.397 e. The molecule has 4 N–H and O–H groups in total. The summed E-state index contributed by atoms with van der Waals surface area (Å²) >= 11 is 0. The number of Topliss-reactive ketones (excluding diaryl/α,β-unsaturated/α-hetero) is 1. The highest BCUT2D eigenvalue weighted by Crippen LogP contribution is 2.20. The maximum atomic E-state index is 12.0. The fourth-order valence-electron chi connectivity index (χ4n) is 1.70. The molecule has 0 aliphatic heterocycles. The van der Waals surface area contributed by atoms with Gasteiger partial charge in [-0.15, -0.1) is 0 Å². The van der Waals surface area contributed by atoms with Crippen LogP contribution in [0.2, 0.25) is 0 Å². The Labute approximate surface area is 110 Å². The van der Waals surface area contributed by atoms with Crippen molar-refractivity contribution in [1.82, 2.24) is 4.98 Å². The van der Waals surface area contributed by atoms with Gasteiger partial charge in [0.05, 0.1) is 11.4 Å². The number of nitrogen functional groups attached to an aromatic ring is 1. The Morgan fingerprint density at radius 1 is 1.26 bits per heavy atom. The van der Waals surface area contributed by atoms with Gasteiger partial charge in [-0.3, -0.25) is 9.59 Å². The topological polar surface area (TPSA) is 88.0 Å². The molecule has 0 atom stereocenters. The first-order valence-electron chi connectivity index (χ1n) is 5.84. The summed E-state index contributed by atoms with van der Waals surface area (Å²) in [5.74, 6) is -0.421. The van der Waals surface area contributed by atoms with Crippen molar-refractivity contribution in [2.75, 3.05) is 11.1 Å². The van der Waals surface area contributed by atoms with Gasteiger partial charge in [0.25, 0.3) is 5.91 Å². The molecule has 5 heteroatoms. The van der Waals surface area contributed by atoms with E-state index in [1.807, 2.05) is 13.0 Å². The number of carbonyl (C=O) groups is 2. The molecule has 0 saturated heterocycles. The largest absolute Gasteiger partial charge is 0.397 e. The van der Waals surface area contributed by atoms with Crippen molar-refractivity contribution in [3.8, 4) is 0 Å². The van der Waals surface area contributed by atoms with Crippen LogP contribution in [0.1, 0.15) is 33.3 Å².